The lowest BCUT2D eigenvalue weighted by atomic mass is 9.84. The standard InChI is InChI=1S/C15H21NO6S/c1-21-12-7-10(11(17)8-13(12)22-2)14(18)16-9-15(5-4-6-15)23(3,19)20/h7-8,17H,4-6,9H2,1-3H3,(H,16,18). The normalized spacial score (nSPS) is 16.3. The van der Waals surface area contributed by atoms with Gasteiger partial charge in [0.1, 0.15) is 5.75 Å². The number of aromatic hydroxyl groups is 1. The van der Waals surface area contributed by atoms with Crippen molar-refractivity contribution in [3.05, 3.63) is 17.7 Å². The second-order valence-corrected chi connectivity index (χ2v) is 8.13. The first kappa shape index (κ1) is 17.4. The Morgan fingerprint density at radius 1 is 1.26 bits per heavy atom. The monoisotopic (exact) mass is 343 g/mol. The molecule has 0 aromatic heterocycles. The third-order valence-corrected chi connectivity index (χ3v) is 6.49. The van der Waals surface area contributed by atoms with E-state index in [1.807, 2.05) is 0 Å². The zero-order valence-corrected chi connectivity index (χ0v) is 14.2. The molecule has 2 rings (SSSR count). The molecule has 1 aliphatic carbocycles. The van der Waals surface area contributed by atoms with E-state index < -0.39 is 20.5 Å². The van der Waals surface area contributed by atoms with E-state index in [4.69, 9.17) is 9.47 Å². The highest BCUT2D eigenvalue weighted by Gasteiger charge is 2.46. The van der Waals surface area contributed by atoms with Gasteiger partial charge in [-0.2, -0.15) is 0 Å². The van der Waals surface area contributed by atoms with E-state index in [0.29, 0.717) is 24.3 Å². The smallest absolute Gasteiger partial charge is 0.255 e. The molecule has 1 fully saturated rings. The molecule has 2 N–H and O–H groups in total. The molecule has 1 aliphatic rings. The van der Waals surface area contributed by atoms with Crippen molar-refractivity contribution in [1.82, 2.24) is 5.32 Å². The number of carbonyl (C=O) groups is 1. The number of ether oxygens (including phenoxy) is 2. The van der Waals surface area contributed by atoms with Crippen LogP contribution in [0.1, 0.15) is 29.6 Å². The lowest BCUT2D eigenvalue weighted by Crippen LogP contribution is -2.53. The Hall–Kier alpha value is -1.96. The number of carbonyl (C=O) groups excluding carboxylic acids is 1. The number of benzene rings is 1. The maximum atomic E-state index is 12.3. The maximum Gasteiger partial charge on any atom is 0.255 e. The highest BCUT2D eigenvalue weighted by atomic mass is 32.2. The van der Waals surface area contributed by atoms with Gasteiger partial charge >= 0.3 is 0 Å². The highest BCUT2D eigenvalue weighted by molar-refractivity contribution is 7.92. The fourth-order valence-electron chi connectivity index (χ4n) is 2.64. The topological polar surface area (TPSA) is 102 Å². The van der Waals surface area contributed by atoms with Crippen LogP contribution >= 0.6 is 0 Å². The summed E-state index contributed by atoms with van der Waals surface area (Å²) in [6.07, 6.45) is 3.07. The number of hydrogen-bond donors (Lipinski definition) is 2. The first-order valence-electron chi connectivity index (χ1n) is 7.17. The summed E-state index contributed by atoms with van der Waals surface area (Å²) in [6.45, 7) is 0.0262. The molecule has 0 radical (unpaired) electrons. The number of sulfone groups is 1. The van der Waals surface area contributed by atoms with Crippen LogP contribution in [-0.2, 0) is 9.84 Å². The van der Waals surface area contributed by atoms with Gasteiger partial charge < -0.3 is 19.9 Å². The van der Waals surface area contributed by atoms with E-state index in [1.54, 1.807) is 0 Å². The third-order valence-electron chi connectivity index (χ3n) is 4.37. The minimum Gasteiger partial charge on any atom is -0.507 e. The Balaban J connectivity index is 2.18. The summed E-state index contributed by atoms with van der Waals surface area (Å²) >= 11 is 0. The quantitative estimate of drug-likeness (QED) is 0.802. The van der Waals surface area contributed by atoms with Crippen molar-refractivity contribution in [2.45, 2.75) is 24.0 Å². The van der Waals surface area contributed by atoms with E-state index >= 15 is 0 Å². The van der Waals surface area contributed by atoms with Crippen molar-refractivity contribution in [1.29, 1.82) is 0 Å². The Bertz CT molecular complexity index is 709. The van der Waals surface area contributed by atoms with Crippen molar-refractivity contribution >= 4 is 15.7 Å². The lowest BCUT2D eigenvalue weighted by molar-refractivity contribution is 0.0940. The molecule has 0 aliphatic heterocycles. The molecule has 0 saturated heterocycles. The number of hydrogen-bond acceptors (Lipinski definition) is 6. The number of methoxy groups -OCH3 is 2. The molecule has 8 heteroatoms. The molecule has 0 spiro atoms. The van der Waals surface area contributed by atoms with Gasteiger partial charge in [0.05, 0.1) is 24.5 Å². The Morgan fingerprint density at radius 3 is 2.26 bits per heavy atom. The molecule has 1 amide bonds. The minimum atomic E-state index is -3.26. The molecule has 1 saturated carbocycles. The minimum absolute atomic E-state index is 0.00521. The Labute approximate surface area is 135 Å². The number of phenolic OH excluding ortho intramolecular Hbond substituents is 1. The van der Waals surface area contributed by atoms with E-state index in [0.717, 1.165) is 6.42 Å². The van der Waals surface area contributed by atoms with Crippen molar-refractivity contribution in [2.75, 3.05) is 27.0 Å². The average Bonchev–Trinajstić information content (AvgIpc) is 2.43. The van der Waals surface area contributed by atoms with Gasteiger partial charge in [0.2, 0.25) is 0 Å². The van der Waals surface area contributed by atoms with Crippen LogP contribution in [0.25, 0.3) is 0 Å². The number of nitrogens with one attached hydrogen (secondary N) is 1. The Kier molecular flexibility index (Phi) is 4.74. The van der Waals surface area contributed by atoms with Crippen molar-refractivity contribution in [3.63, 3.8) is 0 Å². The van der Waals surface area contributed by atoms with E-state index in [-0.39, 0.29) is 17.9 Å². The van der Waals surface area contributed by atoms with E-state index in [2.05, 4.69) is 5.32 Å². The summed E-state index contributed by atoms with van der Waals surface area (Å²) in [4.78, 5) is 12.3. The van der Waals surface area contributed by atoms with Crippen LogP contribution in [0.3, 0.4) is 0 Å². The predicted molar refractivity (Wildman–Crippen MR) is 85.0 cm³/mol. The largest absolute Gasteiger partial charge is 0.507 e. The summed E-state index contributed by atoms with van der Waals surface area (Å²) < 4.78 is 33.0. The molecular formula is C15H21NO6S. The summed E-state index contributed by atoms with van der Waals surface area (Å²) in [7, 11) is -0.421. The van der Waals surface area contributed by atoms with Gasteiger partial charge in [-0.25, -0.2) is 8.42 Å². The Morgan fingerprint density at radius 2 is 1.83 bits per heavy atom. The van der Waals surface area contributed by atoms with Crippen LogP contribution in [0.5, 0.6) is 17.2 Å². The van der Waals surface area contributed by atoms with E-state index in [1.165, 1.54) is 32.6 Å². The van der Waals surface area contributed by atoms with Gasteiger partial charge in [0.25, 0.3) is 5.91 Å². The SMILES string of the molecule is COc1cc(O)c(C(=O)NCC2(S(C)(=O)=O)CCC2)cc1OC. The molecule has 23 heavy (non-hydrogen) atoms. The summed E-state index contributed by atoms with van der Waals surface area (Å²) in [6, 6.07) is 2.64. The van der Waals surface area contributed by atoms with Gasteiger partial charge in [-0.3, -0.25) is 4.79 Å². The average molecular weight is 343 g/mol. The summed E-state index contributed by atoms with van der Waals surface area (Å²) in [5, 5.41) is 12.6. The van der Waals surface area contributed by atoms with Crippen molar-refractivity contribution < 1.29 is 27.8 Å². The van der Waals surface area contributed by atoms with E-state index in [9.17, 15) is 18.3 Å². The molecule has 1 aromatic rings. The van der Waals surface area contributed by atoms with Gasteiger partial charge in [0, 0.05) is 24.9 Å². The molecule has 0 heterocycles. The van der Waals surface area contributed by atoms with Crippen LogP contribution in [0.15, 0.2) is 12.1 Å². The third kappa shape index (κ3) is 3.21. The molecule has 0 atom stereocenters. The second-order valence-electron chi connectivity index (χ2n) is 5.72. The first-order valence-corrected chi connectivity index (χ1v) is 9.06. The maximum absolute atomic E-state index is 12.3. The van der Waals surface area contributed by atoms with Crippen LogP contribution in [0.4, 0.5) is 0 Å². The molecule has 7 nitrogen and oxygen atoms in total. The van der Waals surface area contributed by atoms with Crippen LogP contribution in [0, 0.1) is 0 Å². The predicted octanol–water partition coefficient (Wildman–Crippen LogP) is 1.11. The lowest BCUT2D eigenvalue weighted by Gasteiger charge is -2.39. The van der Waals surface area contributed by atoms with Gasteiger partial charge in [-0.05, 0) is 12.8 Å². The second kappa shape index (κ2) is 6.27. The number of rotatable bonds is 6. The number of amides is 1. The van der Waals surface area contributed by atoms with Crippen LogP contribution in [-0.4, -0.2) is 51.2 Å². The van der Waals surface area contributed by atoms with Gasteiger partial charge in [-0.15, -0.1) is 0 Å². The van der Waals surface area contributed by atoms with Crippen LogP contribution in [0.2, 0.25) is 0 Å². The van der Waals surface area contributed by atoms with Crippen molar-refractivity contribution in [3.8, 4) is 17.2 Å². The molecule has 128 valence electrons. The number of phenols is 1. The zero-order chi connectivity index (χ0) is 17.3. The van der Waals surface area contributed by atoms with Crippen LogP contribution < -0.4 is 14.8 Å². The zero-order valence-electron chi connectivity index (χ0n) is 13.4. The van der Waals surface area contributed by atoms with Gasteiger partial charge in [0.15, 0.2) is 21.3 Å². The molecular weight excluding hydrogens is 322 g/mol. The fraction of sp³-hybridized carbons (Fsp3) is 0.533. The van der Waals surface area contributed by atoms with Crippen molar-refractivity contribution in [2.24, 2.45) is 0 Å². The molecule has 1 aromatic carbocycles. The fourth-order valence-corrected chi connectivity index (χ4v) is 4.00. The molecule has 0 unspecified atom stereocenters. The molecule has 0 bridgehead atoms. The first-order chi connectivity index (χ1) is 10.7. The summed E-state index contributed by atoms with van der Waals surface area (Å²) in [5.74, 6) is -0.217. The highest BCUT2D eigenvalue weighted by Crippen LogP contribution is 2.39. The van der Waals surface area contributed by atoms with Gasteiger partial charge in [-0.1, -0.05) is 6.42 Å². The summed E-state index contributed by atoms with van der Waals surface area (Å²) in [5.41, 5.74) is 0.00521.